The molecular formula is C24H25ClFNO4. The number of allylic oxidation sites excluding steroid dienone is 1. The van der Waals surface area contributed by atoms with Gasteiger partial charge in [0.15, 0.2) is 5.78 Å². The van der Waals surface area contributed by atoms with Crippen molar-refractivity contribution in [2.24, 2.45) is 0 Å². The summed E-state index contributed by atoms with van der Waals surface area (Å²) in [6.45, 7) is 7.60. The number of fused-ring (bicyclic) bond motifs is 1. The van der Waals surface area contributed by atoms with Gasteiger partial charge in [0.1, 0.15) is 17.2 Å². The fourth-order valence-corrected chi connectivity index (χ4v) is 3.74. The number of phenolic OH excluding ortho intramolecular Hbond substituents is 1. The molecule has 1 N–H and O–H groups in total. The van der Waals surface area contributed by atoms with E-state index in [2.05, 4.69) is 0 Å². The van der Waals surface area contributed by atoms with E-state index in [0.29, 0.717) is 18.5 Å². The van der Waals surface area contributed by atoms with Gasteiger partial charge in [-0.05, 0) is 70.0 Å². The van der Waals surface area contributed by atoms with Crippen molar-refractivity contribution in [3.8, 4) is 5.75 Å². The molecule has 0 aromatic heterocycles. The molecular weight excluding hydrogens is 421 g/mol. The number of aromatic hydroxyl groups is 1. The number of ether oxygens (including phenoxy) is 1. The third-order valence-corrected chi connectivity index (χ3v) is 5.32. The van der Waals surface area contributed by atoms with E-state index in [4.69, 9.17) is 16.3 Å². The van der Waals surface area contributed by atoms with Crippen molar-refractivity contribution in [3.05, 3.63) is 69.5 Å². The third kappa shape index (κ3) is 5.07. The lowest BCUT2D eigenvalue weighted by Gasteiger charge is -2.36. The minimum atomic E-state index is -0.640. The summed E-state index contributed by atoms with van der Waals surface area (Å²) >= 11 is 5.75. The van der Waals surface area contributed by atoms with Crippen molar-refractivity contribution >= 4 is 29.6 Å². The van der Waals surface area contributed by atoms with Crippen LogP contribution < -0.4 is 0 Å². The molecule has 0 bridgehead atoms. The molecule has 3 rings (SSSR count). The van der Waals surface area contributed by atoms with Crippen LogP contribution >= 0.6 is 11.6 Å². The largest absolute Gasteiger partial charge is 0.507 e. The fraction of sp³-hybridized carbons (Fsp3) is 0.333. The van der Waals surface area contributed by atoms with Crippen molar-refractivity contribution < 1.29 is 23.8 Å². The lowest BCUT2D eigenvalue weighted by atomic mass is 9.89. The van der Waals surface area contributed by atoms with E-state index >= 15 is 0 Å². The molecule has 1 atom stereocenters. The Morgan fingerprint density at radius 2 is 1.97 bits per heavy atom. The summed E-state index contributed by atoms with van der Waals surface area (Å²) in [4.78, 5) is 26.8. The first kappa shape index (κ1) is 22.8. The normalized spacial score (nSPS) is 16.3. The second-order valence-electron chi connectivity index (χ2n) is 8.50. The number of rotatable bonds is 3. The van der Waals surface area contributed by atoms with Crippen LogP contribution in [0, 0.1) is 5.82 Å². The van der Waals surface area contributed by atoms with Gasteiger partial charge in [0.05, 0.1) is 11.6 Å². The second kappa shape index (κ2) is 8.71. The number of nitrogens with zero attached hydrogens (tertiary/aromatic N) is 1. The van der Waals surface area contributed by atoms with Gasteiger partial charge < -0.3 is 14.7 Å². The summed E-state index contributed by atoms with van der Waals surface area (Å²) in [6, 6.07) is 7.02. The second-order valence-corrected chi connectivity index (χ2v) is 8.93. The summed E-state index contributed by atoms with van der Waals surface area (Å²) in [5.74, 6) is -1.20. The summed E-state index contributed by atoms with van der Waals surface area (Å²) in [5.41, 5.74) is 1.05. The van der Waals surface area contributed by atoms with E-state index < -0.39 is 29.3 Å². The number of carbonyl (C=O) groups is 2. The number of halogens is 2. The van der Waals surface area contributed by atoms with E-state index in [0.717, 1.165) is 11.6 Å². The number of hydrogen-bond donors (Lipinski definition) is 1. The van der Waals surface area contributed by atoms with Gasteiger partial charge in [-0.25, -0.2) is 9.18 Å². The monoisotopic (exact) mass is 445 g/mol. The van der Waals surface area contributed by atoms with Crippen molar-refractivity contribution in [2.75, 3.05) is 6.54 Å². The summed E-state index contributed by atoms with van der Waals surface area (Å²) in [6.07, 6.45) is 2.60. The smallest absolute Gasteiger partial charge is 0.410 e. The van der Waals surface area contributed by atoms with E-state index in [9.17, 15) is 19.1 Å². The van der Waals surface area contributed by atoms with Gasteiger partial charge in [-0.15, -0.1) is 0 Å². The van der Waals surface area contributed by atoms with Gasteiger partial charge in [-0.1, -0.05) is 23.7 Å². The Labute approximate surface area is 186 Å². The van der Waals surface area contributed by atoms with Gasteiger partial charge in [-0.3, -0.25) is 4.79 Å². The topological polar surface area (TPSA) is 66.8 Å². The zero-order chi connectivity index (χ0) is 22.9. The van der Waals surface area contributed by atoms with Crippen LogP contribution in [0.3, 0.4) is 0 Å². The molecule has 0 saturated heterocycles. The third-order valence-electron chi connectivity index (χ3n) is 5.08. The predicted octanol–water partition coefficient (Wildman–Crippen LogP) is 5.94. The highest BCUT2D eigenvalue weighted by Gasteiger charge is 2.33. The molecule has 1 aliphatic rings. The summed E-state index contributed by atoms with van der Waals surface area (Å²) in [5, 5.41) is 11.1. The average molecular weight is 446 g/mol. The lowest BCUT2D eigenvalue weighted by Crippen LogP contribution is -2.42. The average Bonchev–Trinajstić information content (AvgIpc) is 2.66. The Morgan fingerprint density at radius 1 is 1.26 bits per heavy atom. The number of hydrogen-bond acceptors (Lipinski definition) is 4. The molecule has 0 spiro atoms. The molecule has 7 heteroatoms. The molecule has 1 heterocycles. The van der Waals surface area contributed by atoms with Crippen LogP contribution in [0.25, 0.3) is 6.08 Å². The van der Waals surface area contributed by atoms with E-state index in [1.165, 1.54) is 24.3 Å². The van der Waals surface area contributed by atoms with Crippen LogP contribution in [0.2, 0.25) is 5.02 Å². The highest BCUT2D eigenvalue weighted by atomic mass is 35.5. The van der Waals surface area contributed by atoms with Crippen LogP contribution in [-0.2, 0) is 11.2 Å². The van der Waals surface area contributed by atoms with E-state index in [1.807, 2.05) is 0 Å². The molecule has 1 unspecified atom stereocenters. The quantitative estimate of drug-likeness (QED) is 0.469. The molecule has 31 heavy (non-hydrogen) atoms. The van der Waals surface area contributed by atoms with Crippen LogP contribution in [0.1, 0.15) is 60.8 Å². The first-order valence-electron chi connectivity index (χ1n) is 10.00. The zero-order valence-electron chi connectivity index (χ0n) is 17.9. The number of carbonyl (C=O) groups excluding carboxylic acids is 2. The molecule has 5 nitrogen and oxygen atoms in total. The molecule has 0 fully saturated rings. The van der Waals surface area contributed by atoms with Crippen LogP contribution in [0.5, 0.6) is 5.75 Å². The Balaban J connectivity index is 1.88. The maximum atomic E-state index is 13.9. The number of benzene rings is 2. The zero-order valence-corrected chi connectivity index (χ0v) is 18.7. The van der Waals surface area contributed by atoms with Gasteiger partial charge in [-0.2, -0.15) is 0 Å². The minimum Gasteiger partial charge on any atom is -0.507 e. The Morgan fingerprint density at radius 3 is 2.61 bits per heavy atom. The lowest BCUT2D eigenvalue weighted by molar-refractivity contribution is 0.0158. The Bertz CT molecular complexity index is 1060. The van der Waals surface area contributed by atoms with Crippen molar-refractivity contribution in [3.63, 3.8) is 0 Å². The molecule has 164 valence electrons. The van der Waals surface area contributed by atoms with Gasteiger partial charge in [0.25, 0.3) is 0 Å². The number of ketones is 1. The van der Waals surface area contributed by atoms with Crippen molar-refractivity contribution in [2.45, 2.75) is 45.8 Å². The molecule has 1 aliphatic heterocycles. The first-order valence-corrected chi connectivity index (χ1v) is 10.4. The minimum absolute atomic E-state index is 0.0854. The molecule has 0 saturated carbocycles. The van der Waals surface area contributed by atoms with Crippen LogP contribution in [0.4, 0.5) is 9.18 Å². The van der Waals surface area contributed by atoms with Gasteiger partial charge in [0.2, 0.25) is 0 Å². The maximum absolute atomic E-state index is 13.9. The summed E-state index contributed by atoms with van der Waals surface area (Å²) < 4.78 is 19.4. The molecule has 0 aliphatic carbocycles. The van der Waals surface area contributed by atoms with Crippen molar-refractivity contribution in [1.29, 1.82) is 0 Å². The maximum Gasteiger partial charge on any atom is 0.410 e. The van der Waals surface area contributed by atoms with Crippen LogP contribution in [-0.4, -0.2) is 34.0 Å². The predicted molar refractivity (Wildman–Crippen MR) is 118 cm³/mol. The fourth-order valence-electron chi connectivity index (χ4n) is 3.59. The van der Waals surface area contributed by atoms with Gasteiger partial charge >= 0.3 is 6.09 Å². The van der Waals surface area contributed by atoms with Gasteiger partial charge in [0, 0.05) is 22.7 Å². The molecule has 0 radical (unpaired) electrons. The summed E-state index contributed by atoms with van der Waals surface area (Å²) in [7, 11) is 0. The highest BCUT2D eigenvalue weighted by Crippen LogP contribution is 2.39. The molecule has 2 aromatic rings. The van der Waals surface area contributed by atoms with Crippen molar-refractivity contribution in [1.82, 2.24) is 4.90 Å². The SMILES string of the molecule is CC1c2c(ccc(C(=O)C=Cc3ccc(Cl)cc3F)c2O)CCN1C(=O)OC(C)(C)C. The molecule has 1 amide bonds. The standard InChI is InChI=1S/C24H25ClFNO4/c1-14-21-16(11-12-27(14)23(30)31-24(2,3)4)6-9-18(22(21)29)20(28)10-7-15-5-8-17(25)13-19(15)26/h5-10,13-14,29H,11-12H2,1-4H3. The van der Waals surface area contributed by atoms with E-state index in [-0.39, 0.29) is 21.9 Å². The number of phenols is 1. The Kier molecular flexibility index (Phi) is 6.41. The molecule has 2 aromatic carbocycles. The highest BCUT2D eigenvalue weighted by molar-refractivity contribution is 6.30. The Hall–Kier alpha value is -2.86. The number of amides is 1. The van der Waals surface area contributed by atoms with E-state index in [1.54, 1.807) is 44.7 Å². The van der Waals surface area contributed by atoms with Crippen LogP contribution in [0.15, 0.2) is 36.4 Å². The first-order chi connectivity index (χ1) is 14.5.